The van der Waals surface area contributed by atoms with Crippen LogP contribution in [0.4, 0.5) is 5.69 Å². The highest BCUT2D eigenvalue weighted by molar-refractivity contribution is 6.26. The number of nitrogens with zero attached hydrogens (tertiary/aromatic N) is 1. The van der Waals surface area contributed by atoms with Crippen molar-refractivity contribution in [2.75, 3.05) is 5.32 Å². The van der Waals surface area contributed by atoms with Crippen molar-refractivity contribution in [1.82, 2.24) is 4.90 Å². The Morgan fingerprint density at radius 1 is 0.862 bits per heavy atom. The molecule has 0 bridgehead atoms. The summed E-state index contributed by atoms with van der Waals surface area (Å²) >= 11 is 0. The number of carbonyl (C=O) groups excluding carboxylic acids is 3. The number of carbonyl (C=O) groups is 3. The van der Waals surface area contributed by atoms with Gasteiger partial charge >= 0.3 is 0 Å². The fraction of sp³-hybridized carbons (Fsp3) is 0.208. The molecule has 5 heteroatoms. The van der Waals surface area contributed by atoms with E-state index in [9.17, 15) is 14.4 Å². The van der Waals surface area contributed by atoms with Gasteiger partial charge in [0.1, 0.15) is 6.04 Å². The molecule has 1 unspecified atom stereocenters. The molecule has 1 atom stereocenters. The summed E-state index contributed by atoms with van der Waals surface area (Å²) in [4.78, 5) is 40.8. The van der Waals surface area contributed by atoms with Gasteiger partial charge in [-0.3, -0.25) is 19.3 Å². The van der Waals surface area contributed by atoms with E-state index in [4.69, 9.17) is 0 Å². The van der Waals surface area contributed by atoms with Gasteiger partial charge in [0.15, 0.2) is 0 Å². The van der Waals surface area contributed by atoms with E-state index in [1.807, 2.05) is 45.0 Å². The van der Waals surface area contributed by atoms with Crippen LogP contribution in [0.5, 0.6) is 0 Å². The number of aryl methyl sites for hydroxylation is 1. The van der Waals surface area contributed by atoms with E-state index in [1.54, 1.807) is 36.4 Å². The lowest BCUT2D eigenvalue weighted by Crippen LogP contribution is -2.54. The minimum absolute atomic E-state index is 0.252. The number of benzene rings is 3. The Labute approximate surface area is 169 Å². The highest BCUT2D eigenvalue weighted by Gasteiger charge is 2.41. The summed E-state index contributed by atoms with van der Waals surface area (Å²) < 4.78 is 0. The van der Waals surface area contributed by atoms with Crippen LogP contribution in [0.3, 0.4) is 0 Å². The third kappa shape index (κ3) is 3.18. The summed E-state index contributed by atoms with van der Waals surface area (Å²) in [6, 6.07) is 17.3. The van der Waals surface area contributed by atoms with E-state index in [0.29, 0.717) is 22.2 Å². The molecular weight excluding hydrogens is 364 g/mol. The second-order valence-corrected chi connectivity index (χ2v) is 7.73. The quantitative estimate of drug-likeness (QED) is 0.676. The Morgan fingerprint density at radius 2 is 1.41 bits per heavy atom. The lowest BCUT2D eigenvalue weighted by Gasteiger charge is -2.35. The number of rotatable bonds is 4. The van der Waals surface area contributed by atoms with Crippen LogP contribution in [0.15, 0.2) is 60.7 Å². The Morgan fingerprint density at radius 3 is 1.93 bits per heavy atom. The Hall–Kier alpha value is -3.47. The van der Waals surface area contributed by atoms with E-state index in [1.165, 1.54) is 0 Å². The zero-order valence-electron chi connectivity index (χ0n) is 16.6. The lowest BCUT2D eigenvalue weighted by atomic mass is 9.91. The number of anilines is 1. The van der Waals surface area contributed by atoms with Crippen LogP contribution in [-0.2, 0) is 4.79 Å². The molecule has 0 saturated carbocycles. The molecule has 0 saturated heterocycles. The largest absolute Gasteiger partial charge is 0.324 e. The third-order valence-electron chi connectivity index (χ3n) is 5.30. The van der Waals surface area contributed by atoms with Gasteiger partial charge in [0.05, 0.1) is 0 Å². The van der Waals surface area contributed by atoms with Crippen molar-refractivity contribution < 1.29 is 14.4 Å². The maximum absolute atomic E-state index is 13.3. The zero-order chi connectivity index (χ0) is 20.7. The molecule has 3 aromatic carbocycles. The summed E-state index contributed by atoms with van der Waals surface area (Å²) in [5.74, 6) is -1.50. The molecule has 146 valence electrons. The number of imide groups is 1. The molecule has 0 fully saturated rings. The van der Waals surface area contributed by atoms with Crippen LogP contribution in [0.2, 0.25) is 0 Å². The summed E-state index contributed by atoms with van der Waals surface area (Å²) in [7, 11) is 0. The van der Waals surface area contributed by atoms with Crippen molar-refractivity contribution in [2.24, 2.45) is 5.92 Å². The van der Waals surface area contributed by atoms with Crippen molar-refractivity contribution in [3.63, 3.8) is 0 Å². The van der Waals surface area contributed by atoms with Gasteiger partial charge in [-0.15, -0.1) is 0 Å². The highest BCUT2D eigenvalue weighted by Crippen LogP contribution is 2.32. The van der Waals surface area contributed by atoms with Crippen LogP contribution in [0, 0.1) is 12.8 Å². The van der Waals surface area contributed by atoms with Crippen LogP contribution < -0.4 is 5.32 Å². The van der Waals surface area contributed by atoms with Crippen molar-refractivity contribution in [3.8, 4) is 0 Å². The monoisotopic (exact) mass is 386 g/mol. The Kier molecular flexibility index (Phi) is 4.66. The molecule has 1 N–H and O–H groups in total. The van der Waals surface area contributed by atoms with Gasteiger partial charge in [0.2, 0.25) is 5.91 Å². The summed E-state index contributed by atoms with van der Waals surface area (Å²) in [6.45, 7) is 5.63. The number of nitrogens with one attached hydrogen (secondary N) is 1. The van der Waals surface area contributed by atoms with Gasteiger partial charge in [0.25, 0.3) is 11.8 Å². The second-order valence-electron chi connectivity index (χ2n) is 7.73. The summed E-state index contributed by atoms with van der Waals surface area (Å²) in [5, 5.41) is 4.35. The maximum atomic E-state index is 13.3. The molecule has 3 amide bonds. The molecular formula is C24H22N2O3. The van der Waals surface area contributed by atoms with E-state index in [-0.39, 0.29) is 11.8 Å². The van der Waals surface area contributed by atoms with Crippen LogP contribution in [0.1, 0.15) is 40.1 Å². The van der Waals surface area contributed by atoms with Crippen molar-refractivity contribution in [1.29, 1.82) is 0 Å². The zero-order valence-corrected chi connectivity index (χ0v) is 16.6. The fourth-order valence-electron chi connectivity index (χ4n) is 3.87. The molecule has 0 aromatic heterocycles. The third-order valence-corrected chi connectivity index (χ3v) is 5.30. The fourth-order valence-corrected chi connectivity index (χ4v) is 3.87. The summed E-state index contributed by atoms with van der Waals surface area (Å²) in [5.41, 5.74) is 2.61. The number of hydrogen-bond donors (Lipinski definition) is 1. The maximum Gasteiger partial charge on any atom is 0.262 e. The predicted molar refractivity (Wildman–Crippen MR) is 113 cm³/mol. The van der Waals surface area contributed by atoms with Gasteiger partial charge in [-0.2, -0.15) is 0 Å². The van der Waals surface area contributed by atoms with Crippen LogP contribution in [0.25, 0.3) is 10.8 Å². The Balaban J connectivity index is 1.74. The van der Waals surface area contributed by atoms with Gasteiger partial charge in [0, 0.05) is 22.2 Å². The van der Waals surface area contributed by atoms with E-state index >= 15 is 0 Å². The standard InChI is InChI=1S/C24H22N2O3/c1-14(2)21(22(27)25-17-12-10-15(3)11-13-17)26-23(28)18-8-4-6-16-7-5-9-19(20(16)18)24(26)29/h4-14,21H,1-3H3,(H,25,27). The first-order chi connectivity index (χ1) is 13.9. The molecule has 0 spiro atoms. The van der Waals surface area contributed by atoms with Crippen molar-refractivity contribution >= 4 is 34.2 Å². The molecule has 1 aliphatic heterocycles. The number of amides is 3. The molecule has 3 aromatic rings. The Bertz CT molecular complexity index is 1080. The predicted octanol–water partition coefficient (Wildman–Crippen LogP) is 4.41. The molecule has 0 aliphatic carbocycles. The lowest BCUT2D eigenvalue weighted by molar-refractivity contribution is -0.121. The molecule has 1 heterocycles. The van der Waals surface area contributed by atoms with Gasteiger partial charge in [-0.1, -0.05) is 55.8 Å². The second kappa shape index (κ2) is 7.17. The minimum Gasteiger partial charge on any atom is -0.324 e. The minimum atomic E-state index is -0.917. The summed E-state index contributed by atoms with van der Waals surface area (Å²) in [6.07, 6.45) is 0. The first kappa shape index (κ1) is 18.9. The highest BCUT2D eigenvalue weighted by atomic mass is 16.2. The molecule has 29 heavy (non-hydrogen) atoms. The van der Waals surface area contributed by atoms with Crippen molar-refractivity contribution in [2.45, 2.75) is 26.8 Å². The van der Waals surface area contributed by atoms with Gasteiger partial charge < -0.3 is 5.32 Å². The molecule has 5 nitrogen and oxygen atoms in total. The van der Waals surface area contributed by atoms with E-state index in [2.05, 4.69) is 5.32 Å². The normalized spacial score (nSPS) is 14.4. The smallest absolute Gasteiger partial charge is 0.262 e. The first-order valence-corrected chi connectivity index (χ1v) is 9.65. The van der Waals surface area contributed by atoms with E-state index in [0.717, 1.165) is 15.8 Å². The first-order valence-electron chi connectivity index (χ1n) is 9.65. The van der Waals surface area contributed by atoms with Gasteiger partial charge in [-0.25, -0.2) is 0 Å². The van der Waals surface area contributed by atoms with Gasteiger partial charge in [-0.05, 0) is 42.5 Å². The molecule has 0 radical (unpaired) electrons. The average Bonchev–Trinajstić information content (AvgIpc) is 2.70. The average molecular weight is 386 g/mol. The molecule has 1 aliphatic rings. The van der Waals surface area contributed by atoms with E-state index < -0.39 is 17.9 Å². The van der Waals surface area contributed by atoms with Crippen molar-refractivity contribution in [3.05, 3.63) is 77.4 Å². The van der Waals surface area contributed by atoms with Crippen LogP contribution in [-0.4, -0.2) is 28.7 Å². The molecule has 4 rings (SSSR count). The van der Waals surface area contributed by atoms with Crippen LogP contribution >= 0.6 is 0 Å². The SMILES string of the molecule is Cc1ccc(NC(=O)C(C(C)C)N2C(=O)c3cccc4cccc(c34)C2=O)cc1. The number of hydrogen-bond acceptors (Lipinski definition) is 3. The topological polar surface area (TPSA) is 66.5 Å².